The number of aromatic nitrogens is 1. The first-order chi connectivity index (χ1) is 7.11. The van der Waals surface area contributed by atoms with Crippen molar-refractivity contribution in [2.45, 2.75) is 4.90 Å². The van der Waals surface area contributed by atoms with Gasteiger partial charge in [-0.3, -0.25) is 0 Å². The van der Waals surface area contributed by atoms with Gasteiger partial charge in [0.2, 0.25) is 0 Å². The lowest BCUT2D eigenvalue weighted by atomic mass is 10.2. The molecule has 6 heteroatoms. The Morgan fingerprint density at radius 2 is 2.13 bits per heavy atom. The van der Waals surface area contributed by atoms with E-state index in [1.807, 2.05) is 0 Å². The van der Waals surface area contributed by atoms with Gasteiger partial charge in [0, 0.05) is 17.1 Å². The maximum atomic E-state index is 11.0. The molecule has 1 unspecified atom stereocenters. The zero-order chi connectivity index (χ0) is 11.0. The maximum Gasteiger partial charge on any atom is 0.337 e. The zero-order valence-electron chi connectivity index (χ0n) is 7.43. The molecular weight excluding hydrogens is 218 g/mol. The fraction of sp³-hybridized carbons (Fsp3) is 0. The molecule has 0 amide bonds. The molecule has 0 aliphatic rings. The summed E-state index contributed by atoms with van der Waals surface area (Å²) >= 11 is -2.19. The van der Waals surface area contributed by atoms with E-state index in [9.17, 15) is 9.00 Å². The quantitative estimate of drug-likeness (QED) is 0.674. The molecule has 5 nitrogen and oxygen atoms in total. The molecule has 0 saturated carbocycles. The smallest absolute Gasteiger partial charge is 0.337 e. The molecule has 0 fully saturated rings. The minimum Gasteiger partial charge on any atom is -0.478 e. The summed E-state index contributed by atoms with van der Waals surface area (Å²) in [7, 11) is 0. The van der Waals surface area contributed by atoms with E-state index in [0.29, 0.717) is 5.52 Å². The third-order valence-corrected chi connectivity index (χ3v) is 2.80. The van der Waals surface area contributed by atoms with Crippen LogP contribution in [0, 0.1) is 0 Å². The van der Waals surface area contributed by atoms with Crippen molar-refractivity contribution in [3.05, 3.63) is 30.0 Å². The van der Waals surface area contributed by atoms with Gasteiger partial charge < -0.3 is 14.6 Å². The van der Waals surface area contributed by atoms with Crippen molar-refractivity contribution in [1.82, 2.24) is 4.98 Å². The van der Waals surface area contributed by atoms with Crippen LogP contribution in [-0.2, 0) is 11.1 Å². The van der Waals surface area contributed by atoms with Crippen LogP contribution in [-0.4, -0.2) is 24.8 Å². The Hall–Kier alpha value is -1.66. The lowest BCUT2D eigenvalue weighted by Crippen LogP contribution is -1.97. The van der Waals surface area contributed by atoms with Crippen LogP contribution >= 0.6 is 0 Å². The molecule has 1 aromatic carbocycles. The molecule has 0 aliphatic heterocycles. The topological polar surface area (TPSA) is 90.4 Å². The molecule has 0 bridgehead atoms. The second-order valence-corrected chi connectivity index (χ2v) is 3.87. The van der Waals surface area contributed by atoms with Crippen molar-refractivity contribution < 1.29 is 18.7 Å². The number of nitrogens with one attached hydrogen (secondary N) is 1. The van der Waals surface area contributed by atoms with Gasteiger partial charge in [0.25, 0.3) is 0 Å². The lowest BCUT2D eigenvalue weighted by molar-refractivity contribution is 0.0699. The Bertz CT molecular complexity index is 560. The average Bonchev–Trinajstić information content (AvgIpc) is 2.60. The second kappa shape index (κ2) is 3.48. The molecule has 2 rings (SSSR count). The predicted molar refractivity (Wildman–Crippen MR) is 54.3 cm³/mol. The van der Waals surface area contributed by atoms with Gasteiger partial charge in [0.05, 0.1) is 10.5 Å². The van der Waals surface area contributed by atoms with Crippen molar-refractivity contribution in [3.8, 4) is 0 Å². The second-order valence-electron chi connectivity index (χ2n) is 2.94. The number of H-pyrrole nitrogens is 1. The van der Waals surface area contributed by atoms with E-state index < -0.39 is 17.0 Å². The SMILES string of the molecule is O=C(O)c1c[nH]c2cccc(S(=O)O)c12. The van der Waals surface area contributed by atoms with Gasteiger partial charge in [-0.05, 0) is 12.1 Å². The van der Waals surface area contributed by atoms with Crippen molar-refractivity contribution in [3.63, 3.8) is 0 Å². The van der Waals surface area contributed by atoms with Gasteiger partial charge >= 0.3 is 5.97 Å². The third kappa shape index (κ3) is 1.53. The van der Waals surface area contributed by atoms with Crippen molar-refractivity contribution in [2.24, 2.45) is 0 Å². The van der Waals surface area contributed by atoms with Crippen LogP contribution in [0.25, 0.3) is 10.9 Å². The molecule has 1 atom stereocenters. The molecule has 15 heavy (non-hydrogen) atoms. The summed E-state index contributed by atoms with van der Waals surface area (Å²) in [5.41, 5.74) is 0.537. The molecule has 1 heterocycles. The Kier molecular flexibility index (Phi) is 2.29. The number of hydrogen-bond donors (Lipinski definition) is 3. The molecule has 0 aliphatic carbocycles. The Balaban J connectivity index is 2.86. The number of aromatic carboxylic acids is 1. The Labute approximate surface area is 87.0 Å². The number of carboxylic acid groups (broad SMARTS) is 1. The summed E-state index contributed by atoms with van der Waals surface area (Å²) < 4.78 is 20.0. The van der Waals surface area contributed by atoms with E-state index in [0.717, 1.165) is 0 Å². The van der Waals surface area contributed by atoms with Gasteiger partial charge in [-0.15, -0.1) is 0 Å². The molecule has 0 spiro atoms. The fourth-order valence-electron chi connectivity index (χ4n) is 1.47. The Morgan fingerprint density at radius 1 is 1.40 bits per heavy atom. The highest BCUT2D eigenvalue weighted by molar-refractivity contribution is 7.79. The minimum atomic E-state index is -2.19. The van der Waals surface area contributed by atoms with Crippen LogP contribution in [0.5, 0.6) is 0 Å². The molecule has 3 N–H and O–H groups in total. The molecule has 1 aromatic heterocycles. The summed E-state index contributed by atoms with van der Waals surface area (Å²) in [5.74, 6) is -1.13. The van der Waals surface area contributed by atoms with Gasteiger partial charge in [-0.1, -0.05) is 6.07 Å². The number of rotatable bonds is 2. The third-order valence-electron chi connectivity index (χ3n) is 2.09. The monoisotopic (exact) mass is 225 g/mol. The first-order valence-corrected chi connectivity index (χ1v) is 5.16. The normalized spacial score (nSPS) is 12.9. The van der Waals surface area contributed by atoms with E-state index >= 15 is 0 Å². The first kappa shape index (κ1) is 9.88. The van der Waals surface area contributed by atoms with Crippen LogP contribution in [0.15, 0.2) is 29.3 Å². The van der Waals surface area contributed by atoms with Crippen molar-refractivity contribution in [2.75, 3.05) is 0 Å². The highest BCUT2D eigenvalue weighted by Crippen LogP contribution is 2.24. The largest absolute Gasteiger partial charge is 0.478 e. The van der Waals surface area contributed by atoms with Crippen LogP contribution in [0.2, 0.25) is 0 Å². The minimum absolute atomic E-state index is 0.00278. The van der Waals surface area contributed by atoms with Crippen LogP contribution in [0.3, 0.4) is 0 Å². The van der Waals surface area contributed by atoms with E-state index in [2.05, 4.69) is 4.98 Å². The number of carbonyl (C=O) groups is 1. The van der Waals surface area contributed by atoms with Crippen LogP contribution in [0.4, 0.5) is 0 Å². The van der Waals surface area contributed by atoms with Crippen LogP contribution < -0.4 is 0 Å². The van der Waals surface area contributed by atoms with Gasteiger partial charge in [0.15, 0.2) is 11.1 Å². The summed E-state index contributed by atoms with van der Waals surface area (Å²) in [5, 5.41) is 9.16. The molecule has 0 saturated heterocycles. The predicted octanol–water partition coefficient (Wildman–Crippen LogP) is 1.45. The van der Waals surface area contributed by atoms with Gasteiger partial charge in [-0.2, -0.15) is 0 Å². The molecule has 0 radical (unpaired) electrons. The van der Waals surface area contributed by atoms with Gasteiger partial charge in [0.1, 0.15) is 0 Å². The number of fused-ring (bicyclic) bond motifs is 1. The van der Waals surface area contributed by atoms with E-state index in [-0.39, 0.29) is 15.8 Å². The highest BCUT2D eigenvalue weighted by Gasteiger charge is 2.16. The van der Waals surface area contributed by atoms with Crippen LogP contribution in [0.1, 0.15) is 10.4 Å². The summed E-state index contributed by atoms with van der Waals surface area (Å²) in [6.07, 6.45) is 1.31. The molecule has 2 aromatic rings. The van der Waals surface area contributed by atoms with E-state index in [1.165, 1.54) is 12.3 Å². The fourth-order valence-corrected chi connectivity index (χ4v) is 2.06. The van der Waals surface area contributed by atoms with E-state index in [4.69, 9.17) is 9.66 Å². The molecular formula is C9H7NO4S. The average molecular weight is 225 g/mol. The standard InChI is InChI=1S/C9H7NO4S/c11-9(12)5-4-10-6-2-1-3-7(8(5)6)15(13)14/h1-4,10H,(H,11,12)(H,13,14). The molecule has 78 valence electrons. The maximum absolute atomic E-state index is 11.0. The number of carboxylic acids is 1. The summed E-state index contributed by atoms with van der Waals surface area (Å²) in [6, 6.07) is 4.67. The first-order valence-electron chi connectivity index (χ1n) is 4.05. The number of benzene rings is 1. The number of hydrogen-bond acceptors (Lipinski definition) is 2. The summed E-state index contributed by atoms with van der Waals surface area (Å²) in [6.45, 7) is 0. The van der Waals surface area contributed by atoms with Gasteiger partial charge in [-0.25, -0.2) is 9.00 Å². The van der Waals surface area contributed by atoms with Crippen molar-refractivity contribution in [1.29, 1.82) is 0 Å². The Morgan fingerprint density at radius 3 is 2.73 bits per heavy atom. The van der Waals surface area contributed by atoms with E-state index in [1.54, 1.807) is 12.1 Å². The summed E-state index contributed by atoms with van der Waals surface area (Å²) in [4.78, 5) is 13.7. The highest BCUT2D eigenvalue weighted by atomic mass is 32.2. The zero-order valence-corrected chi connectivity index (χ0v) is 8.25. The number of aromatic amines is 1. The van der Waals surface area contributed by atoms with Crippen molar-refractivity contribution >= 4 is 28.0 Å². The lowest BCUT2D eigenvalue weighted by Gasteiger charge is -1.98.